The molecule has 0 amide bonds. The van der Waals surface area contributed by atoms with E-state index in [4.69, 9.17) is 9.72 Å². The Morgan fingerprint density at radius 2 is 2.13 bits per heavy atom. The molecule has 0 radical (unpaired) electrons. The highest BCUT2D eigenvalue weighted by atomic mass is 127. The second kappa shape index (κ2) is 11.4. The van der Waals surface area contributed by atoms with Crippen molar-refractivity contribution in [1.82, 2.24) is 25.0 Å². The summed E-state index contributed by atoms with van der Waals surface area (Å²) in [6, 6.07) is 3.99. The van der Waals surface area contributed by atoms with Crippen LogP contribution in [0.3, 0.4) is 0 Å². The summed E-state index contributed by atoms with van der Waals surface area (Å²) in [6.45, 7) is 8.71. The van der Waals surface area contributed by atoms with Crippen molar-refractivity contribution < 1.29 is 9.53 Å². The number of hydrogen-bond acceptors (Lipinski definition) is 6. The first-order valence-electron chi connectivity index (χ1n) is 9.97. The number of fused-ring (bicyclic) bond motifs is 1. The van der Waals surface area contributed by atoms with Gasteiger partial charge in [-0.3, -0.25) is 4.99 Å². The van der Waals surface area contributed by atoms with Crippen LogP contribution in [-0.4, -0.2) is 46.5 Å². The maximum Gasteiger partial charge on any atom is 0.350 e. The van der Waals surface area contributed by atoms with Crippen molar-refractivity contribution in [3.8, 4) is 0 Å². The fourth-order valence-corrected chi connectivity index (χ4v) is 4.05. The van der Waals surface area contributed by atoms with Crippen LogP contribution in [-0.2, 0) is 11.2 Å². The molecule has 168 valence electrons. The summed E-state index contributed by atoms with van der Waals surface area (Å²) in [4.78, 5) is 26.1. The predicted molar refractivity (Wildman–Crippen MR) is 135 cm³/mol. The Labute approximate surface area is 203 Å². The number of carbonyl (C=O) groups excluding carboxylic acids is 1. The van der Waals surface area contributed by atoms with Crippen LogP contribution in [0.1, 0.15) is 51.5 Å². The van der Waals surface area contributed by atoms with E-state index in [1.807, 2.05) is 30.5 Å². The molecule has 0 bridgehead atoms. The molecular formula is C21H29IN6O2S. The number of carbonyl (C=O) groups is 1. The minimum atomic E-state index is -0.323. The summed E-state index contributed by atoms with van der Waals surface area (Å²) < 4.78 is 7.14. The van der Waals surface area contributed by atoms with E-state index in [2.05, 4.69) is 39.8 Å². The fraction of sp³-hybridized carbons (Fsp3) is 0.429. The number of guanidine groups is 1. The SMILES string of the molecule is CCOC(=O)c1sc(C(C)NC(=NC)NCCc2cn3cccc(C)c3n2)nc1C.I. The van der Waals surface area contributed by atoms with Crippen LogP contribution in [0.15, 0.2) is 29.5 Å². The summed E-state index contributed by atoms with van der Waals surface area (Å²) in [7, 11) is 1.73. The molecule has 0 aliphatic heterocycles. The lowest BCUT2D eigenvalue weighted by molar-refractivity contribution is 0.0531. The summed E-state index contributed by atoms with van der Waals surface area (Å²) in [6.07, 6.45) is 4.84. The van der Waals surface area contributed by atoms with Crippen molar-refractivity contribution in [2.75, 3.05) is 20.2 Å². The number of aryl methyl sites for hydroxylation is 2. The van der Waals surface area contributed by atoms with Crippen molar-refractivity contribution >= 4 is 52.9 Å². The number of hydrogen-bond donors (Lipinski definition) is 2. The van der Waals surface area contributed by atoms with Gasteiger partial charge in [0.05, 0.1) is 24.0 Å². The number of imidazole rings is 1. The maximum absolute atomic E-state index is 12.0. The van der Waals surface area contributed by atoms with Crippen LogP contribution in [0, 0.1) is 13.8 Å². The van der Waals surface area contributed by atoms with Gasteiger partial charge in [0, 0.05) is 32.4 Å². The molecule has 0 aromatic carbocycles. The zero-order valence-corrected chi connectivity index (χ0v) is 21.6. The molecule has 0 aliphatic carbocycles. The summed E-state index contributed by atoms with van der Waals surface area (Å²) in [5.41, 5.74) is 3.85. The lowest BCUT2D eigenvalue weighted by atomic mass is 10.3. The molecule has 31 heavy (non-hydrogen) atoms. The molecule has 3 rings (SSSR count). The largest absolute Gasteiger partial charge is 0.462 e. The van der Waals surface area contributed by atoms with Gasteiger partial charge in [0.1, 0.15) is 15.5 Å². The summed E-state index contributed by atoms with van der Waals surface area (Å²) >= 11 is 1.35. The first kappa shape index (κ1) is 25.1. The number of nitrogens with one attached hydrogen (secondary N) is 2. The van der Waals surface area contributed by atoms with Crippen molar-refractivity contribution in [3.63, 3.8) is 0 Å². The zero-order valence-electron chi connectivity index (χ0n) is 18.4. The Morgan fingerprint density at radius 3 is 2.81 bits per heavy atom. The number of rotatable bonds is 7. The van der Waals surface area contributed by atoms with Crippen LogP contribution in [0.2, 0.25) is 0 Å². The third kappa shape index (κ3) is 6.16. The Hall–Kier alpha value is -2.21. The molecule has 0 saturated heterocycles. The number of pyridine rings is 1. The number of ether oxygens (including phenoxy) is 1. The number of aromatic nitrogens is 3. The van der Waals surface area contributed by atoms with Gasteiger partial charge in [-0.05, 0) is 39.3 Å². The molecule has 0 aliphatic rings. The van der Waals surface area contributed by atoms with Crippen LogP contribution in [0.5, 0.6) is 0 Å². The number of nitrogens with zero attached hydrogens (tertiary/aromatic N) is 4. The van der Waals surface area contributed by atoms with Gasteiger partial charge in [-0.2, -0.15) is 0 Å². The van der Waals surface area contributed by atoms with Crippen LogP contribution < -0.4 is 10.6 Å². The maximum atomic E-state index is 12.0. The second-order valence-electron chi connectivity index (χ2n) is 6.96. The summed E-state index contributed by atoms with van der Waals surface area (Å²) in [5, 5.41) is 7.46. The van der Waals surface area contributed by atoms with Gasteiger partial charge in [-0.15, -0.1) is 35.3 Å². The van der Waals surface area contributed by atoms with Gasteiger partial charge < -0.3 is 19.8 Å². The molecule has 0 spiro atoms. The van der Waals surface area contributed by atoms with E-state index >= 15 is 0 Å². The predicted octanol–water partition coefficient (Wildman–Crippen LogP) is 3.67. The van der Waals surface area contributed by atoms with Crippen molar-refractivity contribution in [3.05, 3.63) is 51.4 Å². The van der Waals surface area contributed by atoms with E-state index in [0.29, 0.717) is 29.7 Å². The van der Waals surface area contributed by atoms with Gasteiger partial charge >= 0.3 is 5.97 Å². The third-order valence-electron chi connectivity index (χ3n) is 4.62. The van der Waals surface area contributed by atoms with Gasteiger partial charge in [-0.25, -0.2) is 14.8 Å². The molecule has 2 N–H and O–H groups in total. The summed E-state index contributed by atoms with van der Waals surface area (Å²) in [5.74, 6) is 0.351. The molecule has 8 nitrogen and oxygen atoms in total. The molecule has 0 saturated carbocycles. The standard InChI is InChI=1S/C21H28N6O2S.HI/c1-6-29-20(28)17-14(3)24-19(30-17)15(4)25-21(22-5)23-10-9-16-12-27-11-7-8-13(2)18(27)26-16;/h7-8,11-12,15H,6,9-10H2,1-5H3,(H2,22,23,25);1H. The van der Waals surface area contributed by atoms with Gasteiger partial charge in [-0.1, -0.05) is 6.07 Å². The van der Waals surface area contributed by atoms with E-state index in [-0.39, 0.29) is 36.0 Å². The highest BCUT2D eigenvalue weighted by Gasteiger charge is 2.20. The van der Waals surface area contributed by atoms with Gasteiger partial charge in [0.2, 0.25) is 0 Å². The molecule has 3 aromatic rings. The molecule has 1 atom stereocenters. The van der Waals surface area contributed by atoms with Crippen molar-refractivity contribution in [2.24, 2.45) is 4.99 Å². The second-order valence-corrected chi connectivity index (χ2v) is 7.99. The number of esters is 1. The normalized spacial score (nSPS) is 12.4. The molecule has 0 fully saturated rings. The molecular weight excluding hydrogens is 527 g/mol. The smallest absolute Gasteiger partial charge is 0.350 e. The van der Waals surface area contributed by atoms with E-state index in [0.717, 1.165) is 28.3 Å². The van der Waals surface area contributed by atoms with E-state index in [1.54, 1.807) is 14.0 Å². The Balaban J connectivity index is 0.00000341. The number of aliphatic imine (C=N–C) groups is 1. The molecule has 1 unspecified atom stereocenters. The minimum Gasteiger partial charge on any atom is -0.462 e. The van der Waals surface area contributed by atoms with Crippen LogP contribution in [0.4, 0.5) is 0 Å². The van der Waals surface area contributed by atoms with E-state index in [1.165, 1.54) is 11.3 Å². The topological polar surface area (TPSA) is 92.9 Å². The van der Waals surface area contributed by atoms with Crippen molar-refractivity contribution in [2.45, 2.75) is 40.2 Å². The lowest BCUT2D eigenvalue weighted by Crippen LogP contribution is -2.39. The number of thiazole rings is 1. The van der Waals surface area contributed by atoms with E-state index in [9.17, 15) is 4.79 Å². The van der Waals surface area contributed by atoms with Gasteiger partial charge in [0.15, 0.2) is 5.96 Å². The zero-order chi connectivity index (χ0) is 21.7. The monoisotopic (exact) mass is 556 g/mol. The first-order valence-corrected chi connectivity index (χ1v) is 10.8. The third-order valence-corrected chi connectivity index (χ3v) is 5.94. The Morgan fingerprint density at radius 1 is 1.35 bits per heavy atom. The van der Waals surface area contributed by atoms with Crippen LogP contribution in [0.25, 0.3) is 5.65 Å². The molecule has 3 heterocycles. The average molecular weight is 556 g/mol. The minimum absolute atomic E-state index is 0. The van der Waals surface area contributed by atoms with Gasteiger partial charge in [0.25, 0.3) is 0 Å². The Bertz CT molecular complexity index is 1060. The highest BCUT2D eigenvalue weighted by Crippen LogP contribution is 2.24. The molecule has 3 aromatic heterocycles. The number of halogens is 1. The van der Waals surface area contributed by atoms with Crippen LogP contribution >= 0.6 is 35.3 Å². The average Bonchev–Trinajstić information content (AvgIpc) is 3.31. The highest BCUT2D eigenvalue weighted by molar-refractivity contribution is 14.0. The fourth-order valence-electron chi connectivity index (χ4n) is 3.08. The van der Waals surface area contributed by atoms with E-state index < -0.39 is 0 Å². The van der Waals surface area contributed by atoms with Crippen molar-refractivity contribution in [1.29, 1.82) is 0 Å². The quantitative estimate of drug-likeness (QED) is 0.200. The lowest BCUT2D eigenvalue weighted by Gasteiger charge is -2.15. The first-order chi connectivity index (χ1) is 14.4. The Kier molecular flexibility index (Phi) is 9.23. The molecule has 10 heteroatoms.